The first-order valence-corrected chi connectivity index (χ1v) is 9.78. The minimum atomic E-state index is -1.89. The average molecular weight is 407 g/mol. The van der Waals surface area contributed by atoms with Gasteiger partial charge in [-0.1, -0.05) is 72.8 Å². The van der Waals surface area contributed by atoms with E-state index in [2.05, 4.69) is 5.32 Å². The molecule has 0 unspecified atom stereocenters. The van der Waals surface area contributed by atoms with E-state index in [1.807, 2.05) is 60.7 Å². The zero-order valence-electron chi connectivity index (χ0n) is 16.5. The molecule has 30 heavy (non-hydrogen) atoms. The summed E-state index contributed by atoms with van der Waals surface area (Å²) in [6, 6.07) is 17.7. The number of nitrogens with one attached hydrogen (secondary N) is 1. The molecule has 6 heteroatoms. The highest BCUT2D eigenvalue weighted by Crippen LogP contribution is 2.21. The number of carbonyl (C=O) groups is 2. The van der Waals surface area contributed by atoms with Crippen molar-refractivity contribution in [3.63, 3.8) is 0 Å². The number of aliphatic hydroxyl groups is 2. The van der Waals surface area contributed by atoms with Gasteiger partial charge >= 0.3 is 5.97 Å². The standard InChI is InChI=1S/C24H25NO5/c26-22(16-18-7-3-1-4-8-18)25-21(15-19-11-13-24(28,29)14-12-19)23(27)30-17-20-9-5-2-6-10-20/h1-13,21,28-29H,14-17H2,(H,25,26)/t21-/m0/s1. The molecule has 0 fully saturated rings. The van der Waals surface area contributed by atoms with Crippen LogP contribution >= 0.6 is 0 Å². The molecule has 3 N–H and O–H groups in total. The second kappa shape index (κ2) is 10.0. The normalized spacial score (nSPS) is 15.7. The predicted octanol–water partition coefficient (Wildman–Crippen LogP) is 2.41. The third-order valence-electron chi connectivity index (χ3n) is 4.72. The van der Waals surface area contributed by atoms with Gasteiger partial charge in [0.2, 0.25) is 5.91 Å². The van der Waals surface area contributed by atoms with E-state index in [4.69, 9.17) is 4.74 Å². The fraction of sp³-hybridized carbons (Fsp3) is 0.250. The fourth-order valence-electron chi connectivity index (χ4n) is 3.09. The van der Waals surface area contributed by atoms with Gasteiger partial charge in [0, 0.05) is 12.8 Å². The first-order valence-electron chi connectivity index (χ1n) is 9.78. The van der Waals surface area contributed by atoms with Crippen molar-refractivity contribution in [2.45, 2.75) is 37.7 Å². The fourth-order valence-corrected chi connectivity index (χ4v) is 3.09. The topological polar surface area (TPSA) is 95.9 Å². The van der Waals surface area contributed by atoms with Crippen LogP contribution in [0, 0.1) is 0 Å². The Morgan fingerprint density at radius 1 is 1.00 bits per heavy atom. The van der Waals surface area contributed by atoms with Crippen LogP contribution in [-0.2, 0) is 27.4 Å². The van der Waals surface area contributed by atoms with Crippen molar-refractivity contribution in [1.82, 2.24) is 5.32 Å². The van der Waals surface area contributed by atoms with Gasteiger partial charge in [0.05, 0.1) is 6.42 Å². The maximum atomic E-state index is 12.7. The molecule has 0 heterocycles. The molecule has 1 aliphatic rings. The molecular formula is C24H25NO5. The van der Waals surface area contributed by atoms with E-state index in [9.17, 15) is 19.8 Å². The lowest BCUT2D eigenvalue weighted by Crippen LogP contribution is -2.43. The Hall–Kier alpha value is -3.22. The van der Waals surface area contributed by atoms with Gasteiger partial charge in [-0.2, -0.15) is 0 Å². The van der Waals surface area contributed by atoms with Crippen LogP contribution in [-0.4, -0.2) is 33.9 Å². The monoisotopic (exact) mass is 407 g/mol. The summed E-state index contributed by atoms with van der Waals surface area (Å²) in [5, 5.41) is 22.0. The summed E-state index contributed by atoms with van der Waals surface area (Å²) in [5.74, 6) is -2.72. The largest absolute Gasteiger partial charge is 0.459 e. The van der Waals surface area contributed by atoms with E-state index in [0.717, 1.165) is 16.7 Å². The molecule has 1 aliphatic carbocycles. The summed E-state index contributed by atoms with van der Waals surface area (Å²) >= 11 is 0. The van der Waals surface area contributed by atoms with Crippen LogP contribution in [0.25, 0.3) is 0 Å². The van der Waals surface area contributed by atoms with Crippen molar-refractivity contribution >= 4 is 11.9 Å². The first-order chi connectivity index (χ1) is 14.4. The third-order valence-corrected chi connectivity index (χ3v) is 4.72. The second-order valence-electron chi connectivity index (χ2n) is 7.27. The van der Waals surface area contributed by atoms with Gasteiger partial charge in [-0.05, 0) is 22.8 Å². The molecule has 1 amide bonds. The molecule has 0 aromatic heterocycles. The molecule has 0 radical (unpaired) electrons. The molecule has 2 aromatic rings. The highest BCUT2D eigenvalue weighted by molar-refractivity contribution is 5.86. The number of ether oxygens (including phenoxy) is 1. The van der Waals surface area contributed by atoms with Crippen LogP contribution in [0.4, 0.5) is 0 Å². The number of amides is 1. The van der Waals surface area contributed by atoms with Crippen LogP contribution in [0.3, 0.4) is 0 Å². The van der Waals surface area contributed by atoms with E-state index in [-0.39, 0.29) is 31.8 Å². The quantitative estimate of drug-likeness (QED) is 0.461. The Morgan fingerprint density at radius 2 is 1.63 bits per heavy atom. The van der Waals surface area contributed by atoms with Gasteiger partial charge in [0.1, 0.15) is 12.6 Å². The van der Waals surface area contributed by atoms with Crippen LogP contribution in [0.5, 0.6) is 0 Å². The van der Waals surface area contributed by atoms with E-state index in [0.29, 0.717) is 0 Å². The van der Waals surface area contributed by atoms with Gasteiger partial charge in [0.25, 0.3) is 0 Å². The minimum Gasteiger partial charge on any atom is -0.459 e. The first kappa shape index (κ1) is 21.5. The lowest BCUT2D eigenvalue weighted by molar-refractivity contribution is -0.149. The molecule has 6 nitrogen and oxygen atoms in total. The van der Waals surface area contributed by atoms with E-state index in [1.54, 1.807) is 12.2 Å². The van der Waals surface area contributed by atoms with Crippen LogP contribution in [0.1, 0.15) is 24.0 Å². The van der Waals surface area contributed by atoms with Gasteiger partial charge < -0.3 is 20.3 Å². The molecule has 0 bridgehead atoms. The van der Waals surface area contributed by atoms with Crippen molar-refractivity contribution in [2.24, 2.45) is 0 Å². The van der Waals surface area contributed by atoms with E-state index >= 15 is 0 Å². The van der Waals surface area contributed by atoms with Gasteiger partial charge in [-0.15, -0.1) is 0 Å². The highest BCUT2D eigenvalue weighted by atomic mass is 16.5. The maximum absolute atomic E-state index is 12.7. The number of hydrogen-bond acceptors (Lipinski definition) is 5. The lowest BCUT2D eigenvalue weighted by Gasteiger charge is -2.23. The molecule has 0 saturated carbocycles. The number of allylic oxidation sites excluding steroid dienone is 1. The highest BCUT2D eigenvalue weighted by Gasteiger charge is 2.26. The van der Waals surface area contributed by atoms with E-state index < -0.39 is 17.8 Å². The average Bonchev–Trinajstić information content (AvgIpc) is 2.74. The lowest BCUT2D eigenvalue weighted by atomic mass is 9.97. The van der Waals surface area contributed by atoms with Gasteiger partial charge in [0.15, 0.2) is 5.79 Å². The third kappa shape index (κ3) is 6.69. The molecule has 3 rings (SSSR count). The maximum Gasteiger partial charge on any atom is 0.329 e. The second-order valence-corrected chi connectivity index (χ2v) is 7.27. The SMILES string of the molecule is O=C(Cc1ccccc1)N[C@@H](CC1=CCC(O)(O)C=C1)C(=O)OCc1ccccc1. The summed E-state index contributed by atoms with van der Waals surface area (Å²) in [6.07, 6.45) is 4.81. The number of esters is 1. The Balaban J connectivity index is 1.65. The number of benzene rings is 2. The number of rotatable bonds is 8. The smallest absolute Gasteiger partial charge is 0.329 e. The summed E-state index contributed by atoms with van der Waals surface area (Å²) in [6.45, 7) is 0.107. The molecule has 156 valence electrons. The molecular weight excluding hydrogens is 382 g/mol. The van der Waals surface area contributed by atoms with Gasteiger partial charge in [-0.25, -0.2) is 4.79 Å². The van der Waals surface area contributed by atoms with Crippen LogP contribution in [0.2, 0.25) is 0 Å². The van der Waals surface area contributed by atoms with Crippen molar-refractivity contribution < 1.29 is 24.5 Å². The van der Waals surface area contributed by atoms with Crippen LogP contribution in [0.15, 0.2) is 84.5 Å². The van der Waals surface area contributed by atoms with Crippen molar-refractivity contribution in [2.75, 3.05) is 0 Å². The summed E-state index contributed by atoms with van der Waals surface area (Å²) in [5.41, 5.74) is 2.41. The molecule has 0 spiro atoms. The zero-order chi connectivity index (χ0) is 21.4. The predicted molar refractivity (Wildman–Crippen MR) is 112 cm³/mol. The number of hydrogen-bond donors (Lipinski definition) is 3. The minimum absolute atomic E-state index is 0.0164. The number of carbonyl (C=O) groups excluding carboxylic acids is 2. The van der Waals surface area contributed by atoms with Crippen LogP contribution < -0.4 is 5.32 Å². The van der Waals surface area contributed by atoms with Crippen molar-refractivity contribution in [3.8, 4) is 0 Å². The van der Waals surface area contributed by atoms with E-state index in [1.165, 1.54) is 6.08 Å². The summed E-state index contributed by atoms with van der Waals surface area (Å²) in [4.78, 5) is 25.2. The molecule has 2 aromatic carbocycles. The van der Waals surface area contributed by atoms with Crippen molar-refractivity contribution in [3.05, 3.63) is 95.6 Å². The summed E-state index contributed by atoms with van der Waals surface area (Å²) < 4.78 is 5.42. The molecule has 0 aliphatic heterocycles. The molecule has 0 saturated heterocycles. The van der Waals surface area contributed by atoms with Gasteiger partial charge in [-0.3, -0.25) is 4.79 Å². The van der Waals surface area contributed by atoms with Crippen molar-refractivity contribution in [1.29, 1.82) is 0 Å². The zero-order valence-corrected chi connectivity index (χ0v) is 16.5. The Kier molecular flexibility index (Phi) is 7.17. The Morgan fingerprint density at radius 3 is 2.23 bits per heavy atom. The molecule has 1 atom stereocenters. The summed E-state index contributed by atoms with van der Waals surface area (Å²) in [7, 11) is 0. The Labute approximate surface area is 175 Å². The Bertz CT molecular complexity index is 919.